The van der Waals surface area contributed by atoms with Crippen LogP contribution in [0, 0.1) is 11.3 Å². The van der Waals surface area contributed by atoms with Gasteiger partial charge in [0.1, 0.15) is 11.1 Å². The molecule has 1 N–H and O–H groups in total. The van der Waals surface area contributed by atoms with E-state index >= 15 is 0 Å². The summed E-state index contributed by atoms with van der Waals surface area (Å²) in [6.45, 7) is 1.47. The van der Waals surface area contributed by atoms with Crippen molar-refractivity contribution in [2.24, 2.45) is 0 Å². The summed E-state index contributed by atoms with van der Waals surface area (Å²) in [5, 5.41) is 12.4. The predicted octanol–water partition coefficient (Wildman–Crippen LogP) is 3.06. The number of carbonyl (C=O) groups excluding carboxylic acids is 1. The van der Waals surface area contributed by atoms with E-state index in [1.165, 1.54) is 18.7 Å². The van der Waals surface area contributed by atoms with Gasteiger partial charge >= 0.3 is 0 Å². The van der Waals surface area contributed by atoms with Crippen molar-refractivity contribution >= 4 is 23.4 Å². The van der Waals surface area contributed by atoms with Crippen molar-refractivity contribution in [1.82, 2.24) is 4.98 Å². The van der Waals surface area contributed by atoms with E-state index in [0.717, 1.165) is 10.6 Å². The highest BCUT2D eigenvalue weighted by atomic mass is 32.2. The Kier molecular flexibility index (Phi) is 4.16. The third-order valence-electron chi connectivity index (χ3n) is 2.28. The number of amides is 1. The van der Waals surface area contributed by atoms with Gasteiger partial charge in [-0.2, -0.15) is 5.26 Å². The zero-order chi connectivity index (χ0) is 13.7. The maximum absolute atomic E-state index is 10.9. The Labute approximate surface area is 115 Å². The van der Waals surface area contributed by atoms with Crippen LogP contribution >= 0.6 is 11.8 Å². The first kappa shape index (κ1) is 13.1. The molecule has 0 radical (unpaired) electrons. The van der Waals surface area contributed by atoms with Crippen LogP contribution < -0.4 is 5.32 Å². The third-order valence-corrected chi connectivity index (χ3v) is 3.31. The van der Waals surface area contributed by atoms with Crippen molar-refractivity contribution < 1.29 is 4.79 Å². The van der Waals surface area contributed by atoms with Crippen LogP contribution in [-0.4, -0.2) is 10.9 Å². The van der Waals surface area contributed by atoms with E-state index in [4.69, 9.17) is 5.26 Å². The molecule has 4 nitrogen and oxygen atoms in total. The van der Waals surface area contributed by atoms with Crippen LogP contribution in [0.5, 0.6) is 0 Å². The van der Waals surface area contributed by atoms with Gasteiger partial charge in [-0.3, -0.25) is 4.79 Å². The summed E-state index contributed by atoms with van der Waals surface area (Å²) in [5.74, 6) is -0.100. The topological polar surface area (TPSA) is 65.8 Å². The first-order chi connectivity index (χ1) is 9.19. The summed E-state index contributed by atoms with van der Waals surface area (Å²) >= 11 is 1.42. The molecule has 0 aliphatic carbocycles. The molecular formula is C14H11N3OS. The van der Waals surface area contributed by atoms with Crippen LogP contribution in [0.3, 0.4) is 0 Å². The Morgan fingerprint density at radius 3 is 2.68 bits per heavy atom. The number of hydrogen-bond acceptors (Lipinski definition) is 4. The highest BCUT2D eigenvalue weighted by Gasteiger charge is 2.05. The molecular weight excluding hydrogens is 258 g/mol. The monoisotopic (exact) mass is 269 g/mol. The van der Waals surface area contributed by atoms with Gasteiger partial charge in [0.05, 0.1) is 5.56 Å². The van der Waals surface area contributed by atoms with Gasteiger partial charge in [0, 0.05) is 23.7 Å². The van der Waals surface area contributed by atoms with Gasteiger partial charge in [0.2, 0.25) is 5.91 Å². The Bertz CT molecular complexity index is 632. The zero-order valence-electron chi connectivity index (χ0n) is 10.3. The second-order valence-corrected chi connectivity index (χ2v) is 4.84. The maximum Gasteiger partial charge on any atom is 0.221 e. The molecule has 1 heterocycles. The van der Waals surface area contributed by atoms with E-state index in [1.54, 1.807) is 18.3 Å². The van der Waals surface area contributed by atoms with Crippen LogP contribution in [0.25, 0.3) is 0 Å². The van der Waals surface area contributed by atoms with Crippen LogP contribution in [0.2, 0.25) is 0 Å². The van der Waals surface area contributed by atoms with Gasteiger partial charge in [-0.15, -0.1) is 0 Å². The van der Waals surface area contributed by atoms with E-state index in [-0.39, 0.29) is 5.91 Å². The van der Waals surface area contributed by atoms with Gasteiger partial charge in [0.15, 0.2) is 0 Å². The number of nitrogens with zero attached hydrogens (tertiary/aromatic N) is 2. The first-order valence-electron chi connectivity index (χ1n) is 5.59. The summed E-state index contributed by atoms with van der Waals surface area (Å²) in [6.07, 6.45) is 1.66. The molecule has 2 aromatic rings. The first-order valence-corrected chi connectivity index (χ1v) is 6.41. The third kappa shape index (κ3) is 3.57. The molecule has 0 aliphatic heterocycles. The van der Waals surface area contributed by atoms with Crippen LogP contribution in [-0.2, 0) is 4.79 Å². The summed E-state index contributed by atoms with van der Waals surface area (Å²) < 4.78 is 0. The van der Waals surface area contributed by atoms with Crippen molar-refractivity contribution in [1.29, 1.82) is 5.26 Å². The number of benzene rings is 1. The van der Waals surface area contributed by atoms with Crippen molar-refractivity contribution in [3.8, 4) is 6.07 Å². The average molecular weight is 269 g/mol. The quantitative estimate of drug-likeness (QED) is 0.930. The molecule has 94 valence electrons. The summed E-state index contributed by atoms with van der Waals surface area (Å²) in [6, 6.07) is 13.0. The van der Waals surface area contributed by atoms with Crippen molar-refractivity contribution in [2.45, 2.75) is 16.8 Å². The van der Waals surface area contributed by atoms with Crippen molar-refractivity contribution in [3.63, 3.8) is 0 Å². The van der Waals surface area contributed by atoms with Crippen molar-refractivity contribution in [2.75, 3.05) is 5.32 Å². The van der Waals surface area contributed by atoms with E-state index < -0.39 is 0 Å². The summed E-state index contributed by atoms with van der Waals surface area (Å²) in [4.78, 5) is 16.1. The molecule has 0 aliphatic rings. The van der Waals surface area contributed by atoms with Crippen LogP contribution in [0.4, 0.5) is 5.69 Å². The van der Waals surface area contributed by atoms with Gasteiger partial charge < -0.3 is 5.32 Å². The van der Waals surface area contributed by atoms with E-state index in [9.17, 15) is 4.79 Å². The molecule has 1 aromatic carbocycles. The SMILES string of the molecule is CC(=O)Nc1ccc(Sc2ncccc2C#N)cc1. The Balaban J connectivity index is 2.16. The number of carbonyl (C=O) groups is 1. The fourth-order valence-corrected chi connectivity index (χ4v) is 2.31. The highest BCUT2D eigenvalue weighted by molar-refractivity contribution is 7.99. The number of hydrogen-bond donors (Lipinski definition) is 1. The molecule has 0 saturated carbocycles. The molecule has 1 aromatic heterocycles. The summed E-state index contributed by atoms with van der Waals surface area (Å²) in [7, 11) is 0. The Hall–Kier alpha value is -2.32. The molecule has 0 bridgehead atoms. The minimum absolute atomic E-state index is 0.100. The number of aromatic nitrogens is 1. The molecule has 5 heteroatoms. The second kappa shape index (κ2) is 6.03. The molecule has 0 atom stereocenters. The normalized spacial score (nSPS) is 9.68. The van der Waals surface area contributed by atoms with E-state index in [0.29, 0.717) is 10.6 Å². The second-order valence-electron chi connectivity index (χ2n) is 3.78. The highest BCUT2D eigenvalue weighted by Crippen LogP contribution is 2.29. The Morgan fingerprint density at radius 1 is 1.32 bits per heavy atom. The minimum Gasteiger partial charge on any atom is -0.326 e. The molecule has 0 unspecified atom stereocenters. The maximum atomic E-state index is 10.9. The van der Waals surface area contributed by atoms with Gasteiger partial charge in [0.25, 0.3) is 0 Å². The Morgan fingerprint density at radius 2 is 2.05 bits per heavy atom. The van der Waals surface area contributed by atoms with Crippen LogP contribution in [0.1, 0.15) is 12.5 Å². The van der Waals surface area contributed by atoms with E-state index in [1.807, 2.05) is 24.3 Å². The fraction of sp³-hybridized carbons (Fsp3) is 0.0714. The molecule has 2 rings (SSSR count). The largest absolute Gasteiger partial charge is 0.326 e. The smallest absolute Gasteiger partial charge is 0.221 e. The standard InChI is InChI=1S/C14H11N3OS/c1-10(18)17-12-4-6-13(7-5-12)19-14-11(9-15)3-2-8-16-14/h2-8H,1H3,(H,17,18). The van der Waals surface area contributed by atoms with E-state index in [2.05, 4.69) is 16.4 Å². The zero-order valence-corrected chi connectivity index (χ0v) is 11.1. The lowest BCUT2D eigenvalue weighted by molar-refractivity contribution is -0.114. The van der Waals surface area contributed by atoms with Gasteiger partial charge in [-0.05, 0) is 36.4 Å². The number of nitrogens with one attached hydrogen (secondary N) is 1. The lowest BCUT2D eigenvalue weighted by atomic mass is 10.3. The fourth-order valence-electron chi connectivity index (χ4n) is 1.48. The minimum atomic E-state index is -0.100. The molecule has 0 saturated heterocycles. The summed E-state index contributed by atoms with van der Waals surface area (Å²) in [5.41, 5.74) is 1.30. The molecule has 0 fully saturated rings. The number of nitriles is 1. The van der Waals surface area contributed by atoms with Gasteiger partial charge in [-0.25, -0.2) is 4.98 Å². The predicted molar refractivity (Wildman–Crippen MR) is 73.8 cm³/mol. The van der Waals surface area contributed by atoms with Crippen molar-refractivity contribution in [3.05, 3.63) is 48.2 Å². The van der Waals surface area contributed by atoms with Gasteiger partial charge in [-0.1, -0.05) is 11.8 Å². The molecule has 19 heavy (non-hydrogen) atoms. The molecule has 0 spiro atoms. The lowest BCUT2D eigenvalue weighted by Gasteiger charge is -2.05. The number of anilines is 1. The number of pyridine rings is 1. The van der Waals surface area contributed by atoms with Crippen LogP contribution in [0.15, 0.2) is 52.5 Å². The lowest BCUT2D eigenvalue weighted by Crippen LogP contribution is -2.05. The average Bonchev–Trinajstić information content (AvgIpc) is 2.41. The number of rotatable bonds is 3. The molecule has 1 amide bonds.